The summed E-state index contributed by atoms with van der Waals surface area (Å²) in [5.41, 5.74) is 0. The first-order chi connectivity index (χ1) is 11.4. The topological polar surface area (TPSA) is 64.1 Å². The van der Waals surface area contributed by atoms with Gasteiger partial charge in [0.25, 0.3) is 0 Å². The van der Waals surface area contributed by atoms with Gasteiger partial charge in [0.15, 0.2) is 5.96 Å². The van der Waals surface area contributed by atoms with Gasteiger partial charge in [-0.05, 0) is 43.9 Å². The number of ether oxygens (including phenoxy) is 3. The molecule has 1 heterocycles. The number of aliphatic imine (C=N–C) groups is 1. The first-order valence-electron chi connectivity index (χ1n) is 9.06. The van der Waals surface area contributed by atoms with Gasteiger partial charge < -0.3 is 24.8 Å². The number of nitrogens with one attached hydrogen (secondary N) is 2. The zero-order chi connectivity index (χ0) is 16.2. The van der Waals surface area contributed by atoms with Crippen molar-refractivity contribution in [3.8, 4) is 0 Å². The van der Waals surface area contributed by atoms with Crippen molar-refractivity contribution in [1.82, 2.24) is 10.6 Å². The Balaban J connectivity index is 1.37. The molecule has 6 nitrogen and oxygen atoms in total. The summed E-state index contributed by atoms with van der Waals surface area (Å²) in [5.74, 6) is 2.35. The van der Waals surface area contributed by atoms with Crippen LogP contribution >= 0.6 is 0 Å². The van der Waals surface area contributed by atoms with E-state index in [2.05, 4.69) is 15.6 Å². The molecule has 2 rings (SSSR count). The summed E-state index contributed by atoms with van der Waals surface area (Å²) in [4.78, 5) is 4.21. The smallest absolute Gasteiger partial charge is 0.191 e. The molecular weight excluding hydrogens is 294 g/mol. The molecule has 1 saturated heterocycles. The van der Waals surface area contributed by atoms with E-state index in [4.69, 9.17) is 14.2 Å². The van der Waals surface area contributed by atoms with Gasteiger partial charge in [0.05, 0.1) is 6.61 Å². The van der Waals surface area contributed by atoms with Crippen molar-refractivity contribution in [3.05, 3.63) is 0 Å². The largest absolute Gasteiger partial charge is 0.381 e. The van der Waals surface area contributed by atoms with Gasteiger partial charge >= 0.3 is 0 Å². The summed E-state index contributed by atoms with van der Waals surface area (Å²) < 4.78 is 16.7. The molecule has 0 aromatic carbocycles. The third-order valence-corrected chi connectivity index (χ3v) is 4.27. The first-order valence-corrected chi connectivity index (χ1v) is 9.06. The van der Waals surface area contributed by atoms with Crippen molar-refractivity contribution < 1.29 is 14.2 Å². The molecule has 1 saturated carbocycles. The second-order valence-electron chi connectivity index (χ2n) is 6.43. The highest BCUT2D eigenvalue weighted by Gasteiger charge is 2.20. The molecule has 1 aliphatic heterocycles. The summed E-state index contributed by atoms with van der Waals surface area (Å²) in [5, 5.41) is 6.57. The molecule has 0 unspecified atom stereocenters. The van der Waals surface area contributed by atoms with E-state index in [1.807, 2.05) is 0 Å². The van der Waals surface area contributed by atoms with E-state index in [-0.39, 0.29) is 0 Å². The standard InChI is InChI=1S/C17H33N3O3/c1-18-17(20-8-12-23-13-15-3-4-15)19-7-2-9-22-14-16-5-10-21-11-6-16/h15-16H,2-14H2,1H3,(H2,18,19,20). The molecule has 0 aromatic heterocycles. The number of rotatable bonds is 11. The molecule has 0 spiro atoms. The Morgan fingerprint density at radius 2 is 1.61 bits per heavy atom. The number of guanidine groups is 1. The van der Waals surface area contributed by atoms with Crippen LogP contribution in [0.15, 0.2) is 4.99 Å². The minimum absolute atomic E-state index is 0.682. The van der Waals surface area contributed by atoms with Gasteiger partial charge in [-0.25, -0.2) is 0 Å². The Morgan fingerprint density at radius 1 is 0.957 bits per heavy atom. The highest BCUT2D eigenvalue weighted by molar-refractivity contribution is 5.79. The second-order valence-corrected chi connectivity index (χ2v) is 6.43. The van der Waals surface area contributed by atoms with Gasteiger partial charge in [-0.2, -0.15) is 0 Å². The molecule has 2 aliphatic rings. The van der Waals surface area contributed by atoms with Gasteiger partial charge in [-0.3, -0.25) is 4.99 Å². The minimum atomic E-state index is 0.682. The molecule has 0 aromatic rings. The maximum Gasteiger partial charge on any atom is 0.191 e. The van der Waals surface area contributed by atoms with Gasteiger partial charge in [0.1, 0.15) is 0 Å². The Bertz CT molecular complexity index is 329. The van der Waals surface area contributed by atoms with Crippen LogP contribution in [0.5, 0.6) is 0 Å². The van der Waals surface area contributed by atoms with Gasteiger partial charge in [0.2, 0.25) is 0 Å². The van der Waals surface area contributed by atoms with Crippen LogP contribution in [0.25, 0.3) is 0 Å². The van der Waals surface area contributed by atoms with Crippen molar-refractivity contribution in [3.63, 3.8) is 0 Å². The quantitative estimate of drug-likeness (QED) is 0.341. The summed E-state index contributed by atoms with van der Waals surface area (Å²) in [7, 11) is 1.79. The predicted molar refractivity (Wildman–Crippen MR) is 91.9 cm³/mol. The number of nitrogens with zero attached hydrogens (tertiary/aromatic N) is 1. The molecule has 23 heavy (non-hydrogen) atoms. The van der Waals surface area contributed by atoms with E-state index < -0.39 is 0 Å². The molecule has 0 atom stereocenters. The maximum absolute atomic E-state index is 5.75. The highest BCUT2D eigenvalue weighted by atomic mass is 16.5. The van der Waals surface area contributed by atoms with E-state index >= 15 is 0 Å². The molecule has 2 N–H and O–H groups in total. The van der Waals surface area contributed by atoms with Crippen molar-refractivity contribution in [1.29, 1.82) is 0 Å². The lowest BCUT2D eigenvalue weighted by molar-refractivity contribution is 0.0203. The Labute approximate surface area is 140 Å². The van der Waals surface area contributed by atoms with E-state index in [9.17, 15) is 0 Å². The van der Waals surface area contributed by atoms with Gasteiger partial charge in [-0.1, -0.05) is 0 Å². The van der Waals surface area contributed by atoms with E-state index in [1.54, 1.807) is 7.05 Å². The molecule has 134 valence electrons. The molecule has 0 radical (unpaired) electrons. The number of hydrogen-bond donors (Lipinski definition) is 2. The normalized spacial score (nSPS) is 19.8. The maximum atomic E-state index is 5.75. The zero-order valence-corrected chi connectivity index (χ0v) is 14.5. The molecule has 6 heteroatoms. The lowest BCUT2D eigenvalue weighted by Gasteiger charge is -2.21. The Morgan fingerprint density at radius 3 is 2.30 bits per heavy atom. The Kier molecular flexibility index (Phi) is 9.36. The van der Waals surface area contributed by atoms with Crippen molar-refractivity contribution in [2.75, 3.05) is 59.8 Å². The average molecular weight is 327 g/mol. The number of hydrogen-bond acceptors (Lipinski definition) is 4. The van der Waals surface area contributed by atoms with Crippen LogP contribution in [0.3, 0.4) is 0 Å². The summed E-state index contributed by atoms with van der Waals surface area (Å²) >= 11 is 0. The fraction of sp³-hybridized carbons (Fsp3) is 0.941. The van der Waals surface area contributed by atoms with E-state index in [0.717, 1.165) is 83.9 Å². The third kappa shape index (κ3) is 9.13. The van der Waals surface area contributed by atoms with Crippen LogP contribution in [0, 0.1) is 11.8 Å². The average Bonchev–Trinajstić information content (AvgIpc) is 3.41. The van der Waals surface area contributed by atoms with Crippen LogP contribution in [0.2, 0.25) is 0 Å². The zero-order valence-electron chi connectivity index (χ0n) is 14.5. The van der Waals surface area contributed by atoms with Gasteiger partial charge in [-0.15, -0.1) is 0 Å². The SMILES string of the molecule is CN=C(NCCCOCC1CCOCC1)NCCOCC1CC1. The third-order valence-electron chi connectivity index (χ3n) is 4.27. The molecule has 0 amide bonds. The van der Waals surface area contributed by atoms with Crippen LogP contribution in [-0.4, -0.2) is 65.7 Å². The summed E-state index contributed by atoms with van der Waals surface area (Å²) in [6.45, 7) is 6.77. The monoisotopic (exact) mass is 327 g/mol. The van der Waals surface area contributed by atoms with E-state index in [1.165, 1.54) is 12.8 Å². The summed E-state index contributed by atoms with van der Waals surface area (Å²) in [6.07, 6.45) is 5.94. The first kappa shape index (κ1) is 18.5. The van der Waals surface area contributed by atoms with Gasteiger partial charge in [0, 0.05) is 53.2 Å². The lowest BCUT2D eigenvalue weighted by Crippen LogP contribution is -2.39. The van der Waals surface area contributed by atoms with Crippen LogP contribution in [-0.2, 0) is 14.2 Å². The second kappa shape index (κ2) is 11.6. The van der Waals surface area contributed by atoms with Crippen LogP contribution in [0.4, 0.5) is 0 Å². The van der Waals surface area contributed by atoms with Crippen LogP contribution < -0.4 is 10.6 Å². The fourth-order valence-electron chi connectivity index (χ4n) is 2.54. The van der Waals surface area contributed by atoms with Crippen LogP contribution in [0.1, 0.15) is 32.1 Å². The summed E-state index contributed by atoms with van der Waals surface area (Å²) in [6, 6.07) is 0. The van der Waals surface area contributed by atoms with Crippen molar-refractivity contribution >= 4 is 5.96 Å². The molecule has 1 aliphatic carbocycles. The highest BCUT2D eigenvalue weighted by Crippen LogP contribution is 2.28. The van der Waals surface area contributed by atoms with Crippen molar-refractivity contribution in [2.45, 2.75) is 32.1 Å². The fourth-order valence-corrected chi connectivity index (χ4v) is 2.54. The lowest BCUT2D eigenvalue weighted by atomic mass is 10.0. The predicted octanol–water partition coefficient (Wildman–Crippen LogP) is 1.41. The Hall–Kier alpha value is -0.850. The molecule has 2 fully saturated rings. The molecule has 0 bridgehead atoms. The van der Waals surface area contributed by atoms with Crippen molar-refractivity contribution in [2.24, 2.45) is 16.8 Å². The molecular formula is C17H33N3O3. The van der Waals surface area contributed by atoms with E-state index in [0.29, 0.717) is 5.92 Å². The minimum Gasteiger partial charge on any atom is -0.381 e.